The topological polar surface area (TPSA) is 60.5 Å². The van der Waals surface area contributed by atoms with E-state index in [0.29, 0.717) is 5.56 Å². The number of aromatic nitrogens is 1. The fourth-order valence-corrected chi connectivity index (χ4v) is 2.12. The summed E-state index contributed by atoms with van der Waals surface area (Å²) in [7, 11) is 1.35. The maximum Gasteiger partial charge on any atom is 0.387 e. The van der Waals surface area contributed by atoms with Gasteiger partial charge in [0.15, 0.2) is 11.5 Å². The Labute approximate surface area is 144 Å². The van der Waals surface area contributed by atoms with Gasteiger partial charge >= 0.3 is 6.61 Å². The Morgan fingerprint density at radius 1 is 1.24 bits per heavy atom. The zero-order chi connectivity index (χ0) is 18.2. The van der Waals surface area contributed by atoms with Crippen LogP contribution < -0.4 is 14.8 Å². The molecule has 1 aromatic carbocycles. The van der Waals surface area contributed by atoms with Crippen LogP contribution in [0.25, 0.3) is 6.08 Å². The zero-order valence-corrected chi connectivity index (χ0v) is 13.8. The molecule has 0 spiro atoms. The first-order chi connectivity index (χ1) is 12.0. The van der Waals surface area contributed by atoms with Crippen molar-refractivity contribution in [3.8, 4) is 11.5 Å². The van der Waals surface area contributed by atoms with Crippen LogP contribution in [0.1, 0.15) is 24.2 Å². The molecule has 1 atom stereocenters. The van der Waals surface area contributed by atoms with Gasteiger partial charge in [-0.3, -0.25) is 9.78 Å². The second-order valence-corrected chi connectivity index (χ2v) is 5.11. The van der Waals surface area contributed by atoms with E-state index in [4.69, 9.17) is 4.74 Å². The highest BCUT2D eigenvalue weighted by Crippen LogP contribution is 2.29. The summed E-state index contributed by atoms with van der Waals surface area (Å²) in [4.78, 5) is 16.2. The molecule has 0 aliphatic heterocycles. The van der Waals surface area contributed by atoms with Crippen molar-refractivity contribution in [3.63, 3.8) is 0 Å². The standard InChI is InChI=1S/C18H18F2N2O3/c1-12(14-5-3-4-10-21-14)22-17(23)9-7-13-6-8-15(25-18(19)20)16(11-13)24-2/h3-12,18H,1-2H3,(H,22,23)/b9-7+/t12-/m0/s1. The van der Waals surface area contributed by atoms with Crippen LogP contribution in [0.15, 0.2) is 48.7 Å². The summed E-state index contributed by atoms with van der Waals surface area (Å²) in [6.45, 7) is -1.11. The Morgan fingerprint density at radius 3 is 2.68 bits per heavy atom. The van der Waals surface area contributed by atoms with Gasteiger partial charge in [0.05, 0.1) is 18.8 Å². The van der Waals surface area contributed by atoms with Crippen molar-refractivity contribution >= 4 is 12.0 Å². The molecule has 5 nitrogen and oxygen atoms in total. The van der Waals surface area contributed by atoms with Gasteiger partial charge in [-0.25, -0.2) is 0 Å². The molecule has 0 radical (unpaired) electrons. The predicted molar refractivity (Wildman–Crippen MR) is 89.5 cm³/mol. The van der Waals surface area contributed by atoms with Crippen LogP contribution in [-0.2, 0) is 4.79 Å². The molecule has 0 aliphatic carbocycles. The quantitative estimate of drug-likeness (QED) is 0.777. The molecule has 0 unspecified atom stereocenters. The molecule has 2 aromatic rings. The van der Waals surface area contributed by atoms with Crippen molar-refractivity contribution in [2.24, 2.45) is 0 Å². The summed E-state index contributed by atoms with van der Waals surface area (Å²) in [6, 6.07) is 9.63. The number of alkyl halides is 2. The SMILES string of the molecule is COc1cc(/C=C/C(=O)N[C@@H](C)c2ccccn2)ccc1OC(F)F. The van der Waals surface area contributed by atoms with Crippen LogP contribution in [0.3, 0.4) is 0 Å². The van der Waals surface area contributed by atoms with Crippen molar-refractivity contribution in [2.75, 3.05) is 7.11 Å². The van der Waals surface area contributed by atoms with Crippen LogP contribution >= 0.6 is 0 Å². The molecular formula is C18H18F2N2O3. The molecule has 0 bridgehead atoms. The maximum atomic E-state index is 12.3. The van der Waals surface area contributed by atoms with Crippen molar-refractivity contribution in [1.29, 1.82) is 0 Å². The molecule has 1 heterocycles. The van der Waals surface area contributed by atoms with E-state index in [1.54, 1.807) is 24.4 Å². The summed E-state index contributed by atoms with van der Waals surface area (Å²) in [6.07, 6.45) is 4.56. The molecule has 0 saturated carbocycles. The van der Waals surface area contributed by atoms with Gasteiger partial charge in [0.2, 0.25) is 5.91 Å². The Morgan fingerprint density at radius 2 is 2.04 bits per heavy atom. The van der Waals surface area contributed by atoms with Gasteiger partial charge in [-0.05, 0) is 42.8 Å². The third-order valence-electron chi connectivity index (χ3n) is 3.32. The van der Waals surface area contributed by atoms with E-state index in [-0.39, 0.29) is 23.4 Å². The smallest absolute Gasteiger partial charge is 0.387 e. The number of benzene rings is 1. The van der Waals surface area contributed by atoms with E-state index in [1.165, 1.54) is 25.3 Å². The molecule has 0 fully saturated rings. The Kier molecular flexibility index (Phi) is 6.45. The molecule has 1 aromatic heterocycles. The minimum Gasteiger partial charge on any atom is -0.493 e. The molecule has 0 aliphatic rings. The fourth-order valence-electron chi connectivity index (χ4n) is 2.12. The lowest BCUT2D eigenvalue weighted by Gasteiger charge is -2.11. The molecule has 132 valence electrons. The number of rotatable bonds is 7. The van der Waals surface area contributed by atoms with E-state index >= 15 is 0 Å². The zero-order valence-electron chi connectivity index (χ0n) is 13.8. The molecule has 1 amide bonds. The average Bonchev–Trinajstić information content (AvgIpc) is 2.61. The Hall–Kier alpha value is -2.96. The number of ether oxygens (including phenoxy) is 2. The molecule has 0 saturated heterocycles. The van der Waals surface area contributed by atoms with Crippen LogP contribution in [-0.4, -0.2) is 24.6 Å². The summed E-state index contributed by atoms with van der Waals surface area (Å²) in [5.41, 5.74) is 1.36. The Bertz CT molecular complexity index is 736. The van der Waals surface area contributed by atoms with E-state index in [9.17, 15) is 13.6 Å². The monoisotopic (exact) mass is 348 g/mol. The normalized spacial score (nSPS) is 12.2. The predicted octanol–water partition coefficient (Wildman–Crippen LogP) is 3.58. The summed E-state index contributed by atoms with van der Waals surface area (Å²) in [5, 5.41) is 2.79. The van der Waals surface area contributed by atoms with Crippen molar-refractivity contribution in [2.45, 2.75) is 19.6 Å². The fraction of sp³-hybridized carbons (Fsp3) is 0.222. The number of halogens is 2. The number of amides is 1. The third kappa shape index (κ3) is 5.56. The number of carbonyl (C=O) groups excluding carboxylic acids is 1. The molecule has 1 N–H and O–H groups in total. The number of pyridine rings is 1. The highest BCUT2D eigenvalue weighted by molar-refractivity contribution is 5.92. The highest BCUT2D eigenvalue weighted by atomic mass is 19.3. The number of carbonyl (C=O) groups is 1. The third-order valence-corrected chi connectivity index (χ3v) is 3.32. The van der Waals surface area contributed by atoms with Crippen molar-refractivity contribution < 1.29 is 23.0 Å². The van der Waals surface area contributed by atoms with E-state index < -0.39 is 6.61 Å². The molecule has 7 heteroatoms. The van der Waals surface area contributed by atoms with E-state index in [2.05, 4.69) is 15.0 Å². The Balaban J connectivity index is 2.02. The van der Waals surface area contributed by atoms with Gasteiger partial charge in [0, 0.05) is 12.3 Å². The lowest BCUT2D eigenvalue weighted by Crippen LogP contribution is -2.25. The first-order valence-corrected chi connectivity index (χ1v) is 7.52. The van der Waals surface area contributed by atoms with Gasteiger partial charge in [-0.1, -0.05) is 12.1 Å². The number of nitrogens with one attached hydrogen (secondary N) is 1. The number of hydrogen-bond acceptors (Lipinski definition) is 4. The summed E-state index contributed by atoms with van der Waals surface area (Å²) in [5.74, 6) is -0.211. The highest BCUT2D eigenvalue weighted by Gasteiger charge is 2.11. The van der Waals surface area contributed by atoms with Gasteiger partial charge < -0.3 is 14.8 Å². The van der Waals surface area contributed by atoms with Crippen LogP contribution in [0, 0.1) is 0 Å². The minimum absolute atomic E-state index is 0.0668. The second-order valence-electron chi connectivity index (χ2n) is 5.11. The average molecular weight is 348 g/mol. The van der Waals surface area contributed by atoms with Gasteiger partial charge in [0.25, 0.3) is 0 Å². The first kappa shape index (κ1) is 18.4. The van der Waals surface area contributed by atoms with Gasteiger partial charge in [0.1, 0.15) is 0 Å². The minimum atomic E-state index is -2.94. The van der Waals surface area contributed by atoms with Gasteiger partial charge in [-0.15, -0.1) is 0 Å². The van der Waals surface area contributed by atoms with Crippen LogP contribution in [0.4, 0.5) is 8.78 Å². The number of methoxy groups -OCH3 is 1. The van der Waals surface area contributed by atoms with Gasteiger partial charge in [-0.2, -0.15) is 8.78 Å². The maximum absolute atomic E-state index is 12.3. The van der Waals surface area contributed by atoms with Crippen LogP contribution in [0.5, 0.6) is 11.5 Å². The molecule has 25 heavy (non-hydrogen) atoms. The lowest BCUT2D eigenvalue weighted by molar-refractivity contribution is -0.117. The van der Waals surface area contributed by atoms with Crippen molar-refractivity contribution in [3.05, 3.63) is 59.9 Å². The molecule has 2 rings (SSSR count). The molecular weight excluding hydrogens is 330 g/mol. The lowest BCUT2D eigenvalue weighted by atomic mass is 10.1. The number of nitrogens with zero attached hydrogens (tertiary/aromatic N) is 1. The first-order valence-electron chi connectivity index (χ1n) is 7.52. The van der Waals surface area contributed by atoms with E-state index in [0.717, 1.165) is 5.69 Å². The van der Waals surface area contributed by atoms with Crippen molar-refractivity contribution in [1.82, 2.24) is 10.3 Å². The summed E-state index contributed by atoms with van der Waals surface area (Å²) < 4.78 is 34.0. The largest absolute Gasteiger partial charge is 0.493 e. The summed E-state index contributed by atoms with van der Waals surface area (Å²) >= 11 is 0. The second kappa shape index (κ2) is 8.77. The van der Waals surface area contributed by atoms with Crippen LogP contribution in [0.2, 0.25) is 0 Å². The number of hydrogen-bond donors (Lipinski definition) is 1. The van der Waals surface area contributed by atoms with E-state index in [1.807, 2.05) is 19.1 Å².